The van der Waals surface area contributed by atoms with Crippen LogP contribution in [-0.2, 0) is 0 Å². The van der Waals surface area contributed by atoms with Gasteiger partial charge in [0.25, 0.3) is 0 Å². The van der Waals surface area contributed by atoms with Gasteiger partial charge in [-0.1, -0.05) is 97.1 Å². The Morgan fingerprint density at radius 1 is 0.520 bits per heavy atom. The molecule has 5 heterocycles. The van der Waals surface area contributed by atoms with Crippen LogP contribution in [0.4, 0.5) is 0 Å². The predicted molar refractivity (Wildman–Crippen MR) is 207 cm³/mol. The van der Waals surface area contributed by atoms with Gasteiger partial charge in [0.2, 0.25) is 5.95 Å². The Bertz CT molecular complexity index is 3400. The molecule has 0 saturated carbocycles. The fourth-order valence-electron chi connectivity index (χ4n) is 8.01. The van der Waals surface area contributed by atoms with E-state index in [1.165, 1.54) is 41.7 Å². The van der Waals surface area contributed by atoms with E-state index in [9.17, 15) is 0 Å². The summed E-state index contributed by atoms with van der Waals surface area (Å²) >= 11 is 1.82. The van der Waals surface area contributed by atoms with Crippen molar-refractivity contribution in [1.82, 2.24) is 14.5 Å². The number of fused-ring (bicyclic) bond motifs is 15. The third-order valence-electron chi connectivity index (χ3n) is 10.2. The van der Waals surface area contributed by atoms with E-state index in [4.69, 9.17) is 18.8 Å². The van der Waals surface area contributed by atoms with Crippen molar-refractivity contribution in [2.75, 3.05) is 0 Å². The predicted octanol–water partition coefficient (Wildman–Crippen LogP) is 12.6. The number of thiophene rings is 1. The smallest absolute Gasteiger partial charge is 0.236 e. The molecule has 6 heteroatoms. The Labute approximate surface area is 287 Å². The molecule has 0 N–H and O–H groups in total. The van der Waals surface area contributed by atoms with E-state index in [2.05, 4.69) is 126 Å². The quantitative estimate of drug-likeness (QED) is 0.186. The van der Waals surface area contributed by atoms with Crippen LogP contribution < -0.4 is 0 Å². The molecule has 0 fully saturated rings. The average molecular weight is 658 g/mol. The molecule has 12 rings (SSSR count). The largest absolute Gasteiger partial charge is 0.456 e. The topological polar surface area (TPSA) is 57.0 Å². The van der Waals surface area contributed by atoms with Crippen LogP contribution in [0.5, 0.6) is 0 Å². The van der Waals surface area contributed by atoms with E-state index < -0.39 is 0 Å². The van der Waals surface area contributed by atoms with Gasteiger partial charge in [-0.05, 0) is 53.2 Å². The van der Waals surface area contributed by atoms with Gasteiger partial charge in [0, 0.05) is 48.0 Å². The van der Waals surface area contributed by atoms with E-state index in [-0.39, 0.29) is 0 Å². The molecule has 0 unspecified atom stereocenters. The van der Waals surface area contributed by atoms with Crippen LogP contribution in [-0.4, -0.2) is 14.5 Å². The summed E-state index contributed by atoms with van der Waals surface area (Å²) in [5.74, 6) is 0.603. The molecule has 0 aliphatic carbocycles. The molecule has 5 aromatic heterocycles. The van der Waals surface area contributed by atoms with Gasteiger partial charge in [0.15, 0.2) is 5.58 Å². The maximum absolute atomic E-state index is 6.56. The molecule has 7 aromatic carbocycles. The van der Waals surface area contributed by atoms with Crippen LogP contribution >= 0.6 is 11.3 Å². The minimum Gasteiger partial charge on any atom is -0.456 e. The van der Waals surface area contributed by atoms with Crippen molar-refractivity contribution in [3.8, 4) is 17.2 Å². The normalized spacial score (nSPS) is 12.4. The van der Waals surface area contributed by atoms with Gasteiger partial charge in [-0.15, -0.1) is 11.3 Å². The lowest BCUT2D eigenvalue weighted by Crippen LogP contribution is -2.03. The molecule has 0 aliphatic rings. The lowest BCUT2D eigenvalue weighted by Gasteiger charge is -2.10. The van der Waals surface area contributed by atoms with Crippen LogP contribution in [0.15, 0.2) is 148 Å². The molecule has 0 atom stereocenters. The van der Waals surface area contributed by atoms with Gasteiger partial charge in [0.1, 0.15) is 28.0 Å². The third kappa shape index (κ3) is 3.45. The summed E-state index contributed by atoms with van der Waals surface area (Å²) in [5.41, 5.74) is 7.69. The van der Waals surface area contributed by atoms with E-state index in [1.807, 2.05) is 29.5 Å². The average Bonchev–Trinajstić information content (AvgIpc) is 3.93. The molecule has 232 valence electrons. The number of nitrogens with zero attached hydrogens (tertiary/aromatic N) is 3. The first-order valence-electron chi connectivity index (χ1n) is 16.7. The minimum atomic E-state index is 0.603. The van der Waals surface area contributed by atoms with Crippen molar-refractivity contribution < 1.29 is 8.83 Å². The minimum absolute atomic E-state index is 0.603. The van der Waals surface area contributed by atoms with E-state index in [1.54, 1.807) is 0 Å². The van der Waals surface area contributed by atoms with Crippen LogP contribution in [0, 0.1) is 0 Å². The van der Waals surface area contributed by atoms with Crippen LogP contribution in [0.2, 0.25) is 0 Å². The highest BCUT2D eigenvalue weighted by Crippen LogP contribution is 2.44. The number of benzene rings is 7. The van der Waals surface area contributed by atoms with E-state index in [0.717, 1.165) is 60.7 Å². The Morgan fingerprint density at radius 2 is 1.28 bits per heavy atom. The molecule has 0 bridgehead atoms. The monoisotopic (exact) mass is 657 g/mol. The highest BCUT2D eigenvalue weighted by Gasteiger charge is 2.23. The molecule has 0 spiro atoms. The molecule has 0 radical (unpaired) electrons. The first kappa shape index (κ1) is 26.5. The first-order valence-corrected chi connectivity index (χ1v) is 17.5. The van der Waals surface area contributed by atoms with Gasteiger partial charge in [-0.25, -0.2) is 9.97 Å². The second-order valence-electron chi connectivity index (χ2n) is 12.9. The van der Waals surface area contributed by atoms with Crippen LogP contribution in [0.1, 0.15) is 0 Å². The SMILES string of the molecule is c1ccc2c(c1)ccc1oc3cc(-c4nc(-n5c6ccccc6c6ccc7c8ccccc8sc7c65)nc5c4oc4ccccc45)ccc3c12. The summed E-state index contributed by atoms with van der Waals surface area (Å²) in [4.78, 5) is 10.7. The zero-order valence-electron chi connectivity index (χ0n) is 26.3. The zero-order valence-corrected chi connectivity index (χ0v) is 27.2. The van der Waals surface area contributed by atoms with Crippen molar-refractivity contribution in [3.05, 3.63) is 140 Å². The van der Waals surface area contributed by atoms with Gasteiger partial charge >= 0.3 is 0 Å². The van der Waals surface area contributed by atoms with Crippen LogP contribution in [0.3, 0.4) is 0 Å². The summed E-state index contributed by atoms with van der Waals surface area (Å²) in [6.07, 6.45) is 0. The summed E-state index contributed by atoms with van der Waals surface area (Å²) < 4.78 is 17.8. The van der Waals surface area contributed by atoms with Crippen molar-refractivity contribution in [2.45, 2.75) is 0 Å². The Morgan fingerprint density at radius 3 is 2.22 bits per heavy atom. The fourth-order valence-corrected chi connectivity index (χ4v) is 9.25. The maximum atomic E-state index is 6.56. The second kappa shape index (κ2) is 9.56. The summed E-state index contributed by atoms with van der Waals surface area (Å²) in [6.45, 7) is 0. The number of rotatable bonds is 2. The van der Waals surface area contributed by atoms with Crippen LogP contribution in [0.25, 0.3) is 114 Å². The molecule has 0 saturated heterocycles. The Hall–Kier alpha value is -6.50. The number of para-hydroxylation sites is 2. The lowest BCUT2D eigenvalue weighted by atomic mass is 10.0. The Kier molecular flexibility index (Phi) is 5.06. The number of aromatic nitrogens is 3. The van der Waals surface area contributed by atoms with Crippen molar-refractivity contribution in [1.29, 1.82) is 0 Å². The molecule has 50 heavy (non-hydrogen) atoms. The number of furan rings is 2. The molecular weight excluding hydrogens is 635 g/mol. The zero-order chi connectivity index (χ0) is 32.5. The van der Waals surface area contributed by atoms with Crippen molar-refractivity contribution >= 4 is 108 Å². The highest BCUT2D eigenvalue weighted by atomic mass is 32.1. The van der Waals surface area contributed by atoms with Gasteiger partial charge in [-0.2, -0.15) is 0 Å². The van der Waals surface area contributed by atoms with Gasteiger partial charge < -0.3 is 8.83 Å². The van der Waals surface area contributed by atoms with Crippen molar-refractivity contribution in [2.24, 2.45) is 0 Å². The first-order chi connectivity index (χ1) is 24.8. The lowest BCUT2D eigenvalue weighted by molar-refractivity contribution is 0.666. The highest BCUT2D eigenvalue weighted by molar-refractivity contribution is 7.26. The second-order valence-corrected chi connectivity index (χ2v) is 14.0. The number of hydrogen-bond acceptors (Lipinski definition) is 5. The summed E-state index contributed by atoms with van der Waals surface area (Å²) in [6, 6.07) is 48.8. The molecule has 12 aromatic rings. The standard InChI is InChI=1S/C44H23N3O2S/c1-2-10-26-24(9-1)18-22-35-38(26)31-19-17-25(23-36(31)48-35)39-42-40(32-13-4-7-15-34(32)49-42)46-44(45-39)47-33-14-6-3-11-27(33)29-20-21-30-28-12-5-8-16-37(28)50-43(30)41(29)47/h1-23H. The molecule has 0 amide bonds. The maximum Gasteiger partial charge on any atom is 0.236 e. The van der Waals surface area contributed by atoms with Gasteiger partial charge in [-0.3, -0.25) is 4.57 Å². The summed E-state index contributed by atoms with van der Waals surface area (Å²) in [7, 11) is 0. The third-order valence-corrected chi connectivity index (χ3v) is 11.4. The summed E-state index contributed by atoms with van der Waals surface area (Å²) in [5, 5.41) is 10.4. The molecule has 5 nitrogen and oxygen atoms in total. The Balaban J connectivity index is 1.20. The van der Waals surface area contributed by atoms with Crippen molar-refractivity contribution in [3.63, 3.8) is 0 Å². The van der Waals surface area contributed by atoms with E-state index in [0.29, 0.717) is 11.5 Å². The number of hydrogen-bond donors (Lipinski definition) is 0. The fraction of sp³-hybridized carbons (Fsp3) is 0. The van der Waals surface area contributed by atoms with E-state index >= 15 is 0 Å². The van der Waals surface area contributed by atoms with Gasteiger partial charge in [0.05, 0.1) is 15.7 Å². The molecule has 0 aliphatic heterocycles. The molecular formula is C44H23N3O2S.